The minimum absolute atomic E-state index is 0.454. The first kappa shape index (κ1) is 6.66. The molecule has 0 aromatic heterocycles. The van der Waals surface area contributed by atoms with Crippen LogP contribution in [-0.4, -0.2) is 20.5 Å². The fourth-order valence-corrected chi connectivity index (χ4v) is 1.07. The molecule has 1 heterocycles. The molecule has 0 aromatic carbocycles. The third-order valence-corrected chi connectivity index (χ3v) is 1.56. The van der Waals surface area contributed by atoms with E-state index in [1.807, 2.05) is 0 Å². The molecule has 0 radical (unpaired) electrons. The standard InChI is InChI=1S/C3H4O5S/c1-2(4)3-7-9(5,6)8-3/h3H,1H3. The van der Waals surface area contributed by atoms with Gasteiger partial charge in [0.1, 0.15) is 0 Å². The van der Waals surface area contributed by atoms with E-state index in [-0.39, 0.29) is 0 Å². The predicted octanol–water partition coefficient (Wildman–Crippen LogP) is -0.807. The molecule has 1 fully saturated rings. The van der Waals surface area contributed by atoms with Gasteiger partial charge in [0, 0.05) is 0 Å². The zero-order valence-corrected chi connectivity index (χ0v) is 5.34. The molecule has 0 N–H and O–H groups in total. The Hall–Kier alpha value is -0.460. The first-order valence-electron chi connectivity index (χ1n) is 2.13. The second-order valence-electron chi connectivity index (χ2n) is 1.54. The summed E-state index contributed by atoms with van der Waals surface area (Å²) in [5.41, 5.74) is 0. The van der Waals surface area contributed by atoms with Crippen molar-refractivity contribution >= 4 is 16.2 Å². The molecular weight excluding hydrogens is 148 g/mol. The second-order valence-corrected chi connectivity index (χ2v) is 2.74. The van der Waals surface area contributed by atoms with Crippen LogP contribution in [0.1, 0.15) is 6.92 Å². The van der Waals surface area contributed by atoms with Crippen LogP contribution < -0.4 is 0 Å². The summed E-state index contributed by atoms with van der Waals surface area (Å²) >= 11 is 0. The highest BCUT2D eigenvalue weighted by molar-refractivity contribution is 7.82. The first-order chi connectivity index (χ1) is 4.01. The molecule has 0 atom stereocenters. The van der Waals surface area contributed by atoms with E-state index < -0.39 is 22.5 Å². The third-order valence-electron chi connectivity index (χ3n) is 0.742. The summed E-state index contributed by atoms with van der Waals surface area (Å²) in [6.07, 6.45) is -1.20. The molecule has 0 bridgehead atoms. The van der Waals surface area contributed by atoms with Crippen LogP contribution in [0.2, 0.25) is 0 Å². The first-order valence-corrected chi connectivity index (χ1v) is 3.46. The lowest BCUT2D eigenvalue weighted by Crippen LogP contribution is -2.41. The minimum Gasteiger partial charge on any atom is -0.294 e. The Morgan fingerprint density at radius 1 is 1.44 bits per heavy atom. The van der Waals surface area contributed by atoms with Crippen molar-refractivity contribution in [3.05, 3.63) is 0 Å². The zero-order chi connectivity index (χ0) is 7.07. The summed E-state index contributed by atoms with van der Waals surface area (Å²) in [6.45, 7) is 1.18. The molecule has 5 nitrogen and oxygen atoms in total. The molecule has 1 aliphatic heterocycles. The van der Waals surface area contributed by atoms with Crippen molar-refractivity contribution < 1.29 is 21.6 Å². The van der Waals surface area contributed by atoms with Crippen LogP contribution in [0.25, 0.3) is 0 Å². The molecule has 1 rings (SSSR count). The highest BCUT2D eigenvalue weighted by Gasteiger charge is 2.39. The third kappa shape index (κ3) is 1.26. The van der Waals surface area contributed by atoms with Gasteiger partial charge in [-0.05, 0) is 6.92 Å². The van der Waals surface area contributed by atoms with Gasteiger partial charge in [-0.25, -0.2) is 8.37 Å². The van der Waals surface area contributed by atoms with Crippen molar-refractivity contribution in [2.75, 3.05) is 0 Å². The lowest BCUT2D eigenvalue weighted by Gasteiger charge is -2.21. The fourth-order valence-electron chi connectivity index (χ4n) is 0.357. The summed E-state index contributed by atoms with van der Waals surface area (Å²) in [4.78, 5) is 10.2. The van der Waals surface area contributed by atoms with Crippen LogP contribution in [0.4, 0.5) is 0 Å². The minimum atomic E-state index is -3.80. The van der Waals surface area contributed by atoms with Gasteiger partial charge in [0.05, 0.1) is 0 Å². The normalized spacial score (nSPS) is 25.0. The van der Waals surface area contributed by atoms with E-state index in [2.05, 4.69) is 8.37 Å². The Balaban J connectivity index is 2.55. The van der Waals surface area contributed by atoms with Crippen molar-refractivity contribution in [2.24, 2.45) is 0 Å². The van der Waals surface area contributed by atoms with Crippen LogP contribution >= 0.6 is 0 Å². The highest BCUT2D eigenvalue weighted by atomic mass is 32.3. The van der Waals surface area contributed by atoms with Crippen molar-refractivity contribution in [3.63, 3.8) is 0 Å². The van der Waals surface area contributed by atoms with Gasteiger partial charge in [-0.15, -0.1) is 0 Å². The van der Waals surface area contributed by atoms with Gasteiger partial charge < -0.3 is 0 Å². The van der Waals surface area contributed by atoms with Crippen molar-refractivity contribution in [2.45, 2.75) is 13.2 Å². The quantitative estimate of drug-likeness (QED) is 0.491. The van der Waals surface area contributed by atoms with Gasteiger partial charge in [-0.1, -0.05) is 0 Å². The number of hydrogen-bond acceptors (Lipinski definition) is 5. The topological polar surface area (TPSA) is 69.7 Å². The van der Waals surface area contributed by atoms with Crippen LogP contribution in [0.3, 0.4) is 0 Å². The largest absolute Gasteiger partial charge is 0.405 e. The van der Waals surface area contributed by atoms with Gasteiger partial charge >= 0.3 is 10.4 Å². The smallest absolute Gasteiger partial charge is 0.294 e. The monoisotopic (exact) mass is 152 g/mol. The molecule has 0 saturated carbocycles. The van der Waals surface area contributed by atoms with Gasteiger partial charge in [-0.2, -0.15) is 8.42 Å². The molecular formula is C3H4O5S. The van der Waals surface area contributed by atoms with Crippen molar-refractivity contribution in [1.82, 2.24) is 0 Å². The SMILES string of the molecule is CC(=O)C1OS(=O)(=O)O1. The number of ketones is 1. The molecule has 0 amide bonds. The van der Waals surface area contributed by atoms with E-state index in [1.54, 1.807) is 0 Å². The lowest BCUT2D eigenvalue weighted by molar-refractivity contribution is -0.148. The molecule has 6 heteroatoms. The van der Waals surface area contributed by atoms with Crippen molar-refractivity contribution in [3.8, 4) is 0 Å². The number of hydrogen-bond donors (Lipinski definition) is 0. The fraction of sp³-hybridized carbons (Fsp3) is 0.667. The molecule has 0 unspecified atom stereocenters. The lowest BCUT2D eigenvalue weighted by atomic mass is 10.4. The predicted molar refractivity (Wildman–Crippen MR) is 25.6 cm³/mol. The summed E-state index contributed by atoms with van der Waals surface area (Å²) in [6, 6.07) is 0. The van der Waals surface area contributed by atoms with Gasteiger partial charge in [-0.3, -0.25) is 4.79 Å². The summed E-state index contributed by atoms with van der Waals surface area (Å²) in [5, 5.41) is 0. The van der Waals surface area contributed by atoms with E-state index in [4.69, 9.17) is 0 Å². The van der Waals surface area contributed by atoms with Crippen LogP contribution in [-0.2, 0) is 23.6 Å². The molecule has 9 heavy (non-hydrogen) atoms. The maximum Gasteiger partial charge on any atom is 0.405 e. The Morgan fingerprint density at radius 3 is 2.00 bits per heavy atom. The number of Topliss-reactive ketones (excluding diaryl/α,β-unsaturated/α-hetero) is 1. The number of carbonyl (C=O) groups is 1. The summed E-state index contributed by atoms with van der Waals surface area (Å²) in [5.74, 6) is -0.454. The second kappa shape index (κ2) is 1.76. The molecule has 52 valence electrons. The Kier molecular flexibility index (Phi) is 1.30. The molecule has 0 aliphatic carbocycles. The Morgan fingerprint density at radius 2 is 1.89 bits per heavy atom. The zero-order valence-electron chi connectivity index (χ0n) is 4.53. The van der Waals surface area contributed by atoms with E-state index in [0.717, 1.165) is 0 Å². The average Bonchev–Trinajstić information content (AvgIpc) is 1.59. The van der Waals surface area contributed by atoms with Crippen LogP contribution in [0, 0.1) is 0 Å². The summed E-state index contributed by atoms with van der Waals surface area (Å²) in [7, 11) is -3.80. The molecule has 0 aromatic rings. The van der Waals surface area contributed by atoms with E-state index >= 15 is 0 Å². The van der Waals surface area contributed by atoms with E-state index in [1.165, 1.54) is 6.92 Å². The van der Waals surface area contributed by atoms with Gasteiger partial charge in [0.15, 0.2) is 5.78 Å². The maximum absolute atomic E-state index is 10.2. The number of rotatable bonds is 1. The van der Waals surface area contributed by atoms with E-state index in [0.29, 0.717) is 0 Å². The van der Waals surface area contributed by atoms with Crippen LogP contribution in [0.5, 0.6) is 0 Å². The average molecular weight is 152 g/mol. The van der Waals surface area contributed by atoms with E-state index in [9.17, 15) is 13.2 Å². The van der Waals surface area contributed by atoms with Gasteiger partial charge in [0.25, 0.3) is 6.29 Å². The molecule has 1 aliphatic rings. The van der Waals surface area contributed by atoms with Crippen LogP contribution in [0.15, 0.2) is 0 Å². The molecule has 0 spiro atoms. The maximum atomic E-state index is 10.2. The summed E-state index contributed by atoms with van der Waals surface area (Å²) < 4.78 is 28.0. The molecule has 1 saturated heterocycles. The van der Waals surface area contributed by atoms with Crippen molar-refractivity contribution in [1.29, 1.82) is 0 Å². The number of carbonyl (C=O) groups excluding carboxylic acids is 1. The van der Waals surface area contributed by atoms with Gasteiger partial charge in [0.2, 0.25) is 0 Å². The Bertz CT molecular complexity index is 215. The highest BCUT2D eigenvalue weighted by Crippen LogP contribution is 2.17. The Labute approximate surface area is 51.9 Å².